The molecule has 2 nitrogen and oxygen atoms in total. The molecule has 0 bridgehead atoms. The Kier molecular flexibility index (Phi) is 3.44. The lowest BCUT2D eigenvalue weighted by Gasteiger charge is -2.20. The Balaban J connectivity index is 1.68. The topological polar surface area (TPSA) is 15.3 Å². The first-order chi connectivity index (χ1) is 8.63. The van der Waals surface area contributed by atoms with Crippen LogP contribution in [0.5, 0.6) is 0 Å². The molecule has 1 heterocycles. The monoisotopic (exact) mass is 284 g/mol. The van der Waals surface area contributed by atoms with E-state index in [9.17, 15) is 0 Å². The van der Waals surface area contributed by atoms with Crippen LogP contribution in [0, 0.1) is 0 Å². The Labute approximate surface area is 118 Å². The number of benzene rings is 1. The molecular formula is C14H18Cl2N2. The van der Waals surface area contributed by atoms with E-state index in [4.69, 9.17) is 23.2 Å². The highest BCUT2D eigenvalue weighted by Crippen LogP contribution is 2.35. The fraction of sp³-hybridized carbons (Fsp3) is 0.571. The van der Waals surface area contributed by atoms with Crippen molar-refractivity contribution in [3.8, 4) is 0 Å². The minimum Gasteiger partial charge on any atom is -0.380 e. The summed E-state index contributed by atoms with van der Waals surface area (Å²) in [4.78, 5) is 2.62. The van der Waals surface area contributed by atoms with Crippen LogP contribution in [-0.2, 0) is 0 Å². The quantitative estimate of drug-likeness (QED) is 0.902. The van der Waals surface area contributed by atoms with Crippen LogP contribution in [0.2, 0.25) is 10.0 Å². The zero-order valence-electron chi connectivity index (χ0n) is 10.5. The van der Waals surface area contributed by atoms with Crippen molar-refractivity contribution in [3.63, 3.8) is 0 Å². The molecule has 0 amide bonds. The van der Waals surface area contributed by atoms with Gasteiger partial charge in [-0.15, -0.1) is 0 Å². The molecule has 1 aromatic carbocycles. The van der Waals surface area contributed by atoms with Gasteiger partial charge in [0.25, 0.3) is 0 Å². The molecule has 0 radical (unpaired) electrons. The summed E-state index contributed by atoms with van der Waals surface area (Å²) in [7, 11) is 0. The Morgan fingerprint density at radius 2 is 2.06 bits per heavy atom. The molecule has 1 aliphatic heterocycles. The minimum absolute atomic E-state index is 0.483. The summed E-state index contributed by atoms with van der Waals surface area (Å²) >= 11 is 12.2. The van der Waals surface area contributed by atoms with Gasteiger partial charge in [0.15, 0.2) is 0 Å². The van der Waals surface area contributed by atoms with Crippen molar-refractivity contribution in [2.75, 3.05) is 11.9 Å². The van der Waals surface area contributed by atoms with E-state index < -0.39 is 0 Å². The average molecular weight is 285 g/mol. The highest BCUT2D eigenvalue weighted by molar-refractivity contribution is 6.35. The van der Waals surface area contributed by atoms with Crippen molar-refractivity contribution >= 4 is 28.9 Å². The van der Waals surface area contributed by atoms with Crippen LogP contribution in [0.4, 0.5) is 5.69 Å². The number of hydrogen-bond donors (Lipinski definition) is 1. The Morgan fingerprint density at radius 1 is 1.28 bits per heavy atom. The number of rotatable bonds is 3. The van der Waals surface area contributed by atoms with E-state index in [1.54, 1.807) is 0 Å². The first-order valence-corrected chi connectivity index (χ1v) is 7.36. The molecule has 1 aromatic rings. The highest BCUT2D eigenvalue weighted by Gasteiger charge is 2.38. The standard InChI is InChI=1S/C14H18Cl2N2/c1-9-6-11(8-18(9)12-3-4-12)17-14-7-10(15)2-5-13(14)16/h2,5,7,9,11-12,17H,3-4,6,8H2,1H3. The number of halogens is 2. The van der Waals surface area contributed by atoms with Crippen LogP contribution in [-0.4, -0.2) is 29.6 Å². The summed E-state index contributed by atoms with van der Waals surface area (Å²) in [5, 5.41) is 5.01. The number of nitrogens with zero attached hydrogens (tertiary/aromatic N) is 1. The molecule has 1 N–H and O–H groups in total. The lowest BCUT2D eigenvalue weighted by atomic mass is 10.2. The van der Waals surface area contributed by atoms with Gasteiger partial charge < -0.3 is 5.32 Å². The van der Waals surface area contributed by atoms with Crippen LogP contribution in [0.3, 0.4) is 0 Å². The Hall–Kier alpha value is -0.440. The predicted molar refractivity (Wildman–Crippen MR) is 77.7 cm³/mol. The van der Waals surface area contributed by atoms with Gasteiger partial charge in [-0.1, -0.05) is 23.2 Å². The number of likely N-dealkylation sites (tertiary alicyclic amines) is 1. The third kappa shape index (κ3) is 2.61. The van der Waals surface area contributed by atoms with E-state index in [-0.39, 0.29) is 0 Å². The molecule has 2 atom stereocenters. The summed E-state index contributed by atoms with van der Waals surface area (Å²) < 4.78 is 0. The van der Waals surface area contributed by atoms with Gasteiger partial charge in [0.05, 0.1) is 10.7 Å². The second-order valence-corrected chi connectivity index (χ2v) is 6.32. The van der Waals surface area contributed by atoms with Crippen molar-refractivity contribution in [1.82, 2.24) is 4.90 Å². The second-order valence-electron chi connectivity index (χ2n) is 5.48. The van der Waals surface area contributed by atoms with Crippen molar-refractivity contribution < 1.29 is 0 Å². The summed E-state index contributed by atoms with van der Waals surface area (Å²) in [5.74, 6) is 0. The van der Waals surface area contributed by atoms with Gasteiger partial charge in [-0.05, 0) is 44.4 Å². The predicted octanol–water partition coefficient (Wildman–Crippen LogP) is 4.03. The molecule has 0 spiro atoms. The molecule has 0 aromatic heterocycles. The summed E-state index contributed by atoms with van der Waals surface area (Å²) in [6.45, 7) is 3.44. The summed E-state index contributed by atoms with van der Waals surface area (Å²) in [6, 6.07) is 7.58. The van der Waals surface area contributed by atoms with Crippen molar-refractivity contribution in [2.24, 2.45) is 0 Å². The van der Waals surface area contributed by atoms with Crippen LogP contribution in [0.15, 0.2) is 18.2 Å². The molecule has 2 fully saturated rings. The smallest absolute Gasteiger partial charge is 0.0638 e. The van der Waals surface area contributed by atoms with Gasteiger partial charge in [-0.25, -0.2) is 0 Å². The number of hydrogen-bond acceptors (Lipinski definition) is 2. The molecule has 1 aliphatic carbocycles. The Morgan fingerprint density at radius 3 is 2.78 bits per heavy atom. The van der Waals surface area contributed by atoms with Crippen molar-refractivity contribution in [1.29, 1.82) is 0 Å². The SMILES string of the molecule is CC1CC(Nc2cc(Cl)ccc2Cl)CN1C1CC1. The van der Waals surface area contributed by atoms with E-state index in [0.29, 0.717) is 12.1 Å². The maximum absolute atomic E-state index is 6.19. The third-order valence-electron chi connectivity index (χ3n) is 3.93. The van der Waals surface area contributed by atoms with Gasteiger partial charge in [0.1, 0.15) is 0 Å². The molecular weight excluding hydrogens is 267 g/mol. The van der Waals surface area contributed by atoms with Gasteiger partial charge in [0, 0.05) is 29.7 Å². The van der Waals surface area contributed by atoms with Gasteiger partial charge in [-0.3, -0.25) is 4.90 Å². The largest absolute Gasteiger partial charge is 0.380 e. The third-order valence-corrected chi connectivity index (χ3v) is 4.49. The lowest BCUT2D eigenvalue weighted by Crippen LogP contribution is -2.31. The lowest BCUT2D eigenvalue weighted by molar-refractivity contribution is 0.257. The maximum Gasteiger partial charge on any atom is 0.0638 e. The van der Waals surface area contributed by atoms with E-state index in [0.717, 1.165) is 28.3 Å². The number of anilines is 1. The van der Waals surface area contributed by atoms with E-state index in [1.165, 1.54) is 19.3 Å². The van der Waals surface area contributed by atoms with Crippen LogP contribution in [0.1, 0.15) is 26.2 Å². The van der Waals surface area contributed by atoms with E-state index in [2.05, 4.69) is 17.1 Å². The van der Waals surface area contributed by atoms with Crippen LogP contribution in [0.25, 0.3) is 0 Å². The fourth-order valence-corrected chi connectivity index (χ4v) is 3.25. The van der Waals surface area contributed by atoms with Gasteiger partial charge in [-0.2, -0.15) is 0 Å². The Bertz CT molecular complexity index is 445. The summed E-state index contributed by atoms with van der Waals surface area (Å²) in [5.41, 5.74) is 0.957. The van der Waals surface area contributed by atoms with Crippen LogP contribution >= 0.6 is 23.2 Å². The first kappa shape index (κ1) is 12.6. The van der Waals surface area contributed by atoms with Gasteiger partial charge >= 0.3 is 0 Å². The first-order valence-electron chi connectivity index (χ1n) is 6.61. The normalized spacial score (nSPS) is 28.6. The van der Waals surface area contributed by atoms with Gasteiger partial charge in [0.2, 0.25) is 0 Å². The van der Waals surface area contributed by atoms with Crippen LogP contribution < -0.4 is 5.32 Å². The molecule has 3 rings (SSSR count). The molecule has 98 valence electrons. The average Bonchev–Trinajstić information content (AvgIpc) is 3.09. The van der Waals surface area contributed by atoms with E-state index in [1.807, 2.05) is 18.2 Å². The minimum atomic E-state index is 0.483. The molecule has 4 heteroatoms. The fourth-order valence-electron chi connectivity index (χ4n) is 2.90. The number of nitrogens with one attached hydrogen (secondary N) is 1. The second kappa shape index (κ2) is 4.92. The molecule has 18 heavy (non-hydrogen) atoms. The molecule has 1 saturated heterocycles. The molecule has 1 saturated carbocycles. The zero-order valence-corrected chi connectivity index (χ0v) is 12.0. The van der Waals surface area contributed by atoms with E-state index >= 15 is 0 Å². The van der Waals surface area contributed by atoms with Crippen molar-refractivity contribution in [3.05, 3.63) is 28.2 Å². The zero-order chi connectivity index (χ0) is 12.7. The maximum atomic E-state index is 6.19. The van der Waals surface area contributed by atoms with Crippen molar-refractivity contribution in [2.45, 2.75) is 44.3 Å². The molecule has 2 aliphatic rings. The highest BCUT2D eigenvalue weighted by atomic mass is 35.5. The summed E-state index contributed by atoms with van der Waals surface area (Å²) in [6.07, 6.45) is 3.92. The molecule has 2 unspecified atom stereocenters.